The summed E-state index contributed by atoms with van der Waals surface area (Å²) in [6.07, 6.45) is -2.03. The highest BCUT2D eigenvalue weighted by Crippen LogP contribution is 2.22. The first-order valence-electron chi connectivity index (χ1n) is 9.65. The number of nitrogens with zero attached hydrogens (tertiary/aromatic N) is 1. The molecule has 2 aliphatic rings. The molecular weight excluding hydrogens is 372 g/mol. The lowest BCUT2D eigenvalue weighted by Gasteiger charge is -2.38. The molecule has 2 aliphatic heterocycles. The van der Waals surface area contributed by atoms with Crippen LogP contribution in [0.5, 0.6) is 0 Å². The Balaban J connectivity index is 1.74. The van der Waals surface area contributed by atoms with E-state index in [4.69, 9.17) is 24.1 Å². The van der Waals surface area contributed by atoms with Gasteiger partial charge in [-0.1, -0.05) is 0 Å². The SMILES string of the molecule is C[C@H](CCC(C)(C)OC(O)N1CCOC(C(=O)O)C1)OC(=O)C1CNCCO1. The number of carbonyl (C=O) groups excluding carboxylic acids is 1. The van der Waals surface area contributed by atoms with Crippen LogP contribution >= 0.6 is 0 Å². The highest BCUT2D eigenvalue weighted by molar-refractivity contribution is 5.75. The first kappa shape index (κ1) is 23.0. The maximum Gasteiger partial charge on any atom is 0.336 e. The summed E-state index contributed by atoms with van der Waals surface area (Å²) in [5.41, 5.74) is -0.694. The van der Waals surface area contributed by atoms with Crippen molar-refractivity contribution in [3.05, 3.63) is 0 Å². The Bertz CT molecular complexity index is 524. The lowest BCUT2D eigenvalue weighted by atomic mass is 10.0. The zero-order chi connectivity index (χ0) is 20.7. The Morgan fingerprint density at radius 3 is 2.64 bits per heavy atom. The van der Waals surface area contributed by atoms with E-state index in [1.807, 2.05) is 13.8 Å². The zero-order valence-electron chi connectivity index (χ0n) is 16.8. The minimum absolute atomic E-state index is 0.0516. The van der Waals surface area contributed by atoms with Gasteiger partial charge in [0.1, 0.15) is 0 Å². The number of carboxylic acid groups (broad SMARTS) is 1. The molecule has 0 spiro atoms. The molecule has 162 valence electrons. The summed E-state index contributed by atoms with van der Waals surface area (Å²) >= 11 is 0. The maximum atomic E-state index is 12.1. The van der Waals surface area contributed by atoms with E-state index in [0.717, 1.165) is 6.54 Å². The van der Waals surface area contributed by atoms with Crippen LogP contribution in [0.15, 0.2) is 0 Å². The molecular formula is C18H32N2O8. The van der Waals surface area contributed by atoms with Crippen LogP contribution in [-0.4, -0.2) is 96.8 Å². The normalized spacial score (nSPS) is 26.4. The average Bonchev–Trinajstić information content (AvgIpc) is 2.67. The van der Waals surface area contributed by atoms with Crippen LogP contribution in [0.25, 0.3) is 0 Å². The number of aliphatic hydroxyl groups excluding tert-OH is 1. The molecule has 0 radical (unpaired) electrons. The van der Waals surface area contributed by atoms with Crippen LogP contribution < -0.4 is 5.32 Å². The van der Waals surface area contributed by atoms with Gasteiger partial charge in [-0.05, 0) is 33.6 Å². The molecule has 0 aromatic rings. The van der Waals surface area contributed by atoms with Crippen LogP contribution in [-0.2, 0) is 28.5 Å². The first-order chi connectivity index (χ1) is 13.2. The van der Waals surface area contributed by atoms with Gasteiger partial charge < -0.3 is 34.5 Å². The number of aliphatic hydroxyl groups is 1. The van der Waals surface area contributed by atoms with Crippen molar-refractivity contribution < 1.29 is 38.7 Å². The number of morpholine rings is 2. The summed E-state index contributed by atoms with van der Waals surface area (Å²) in [5.74, 6) is -1.45. The Morgan fingerprint density at radius 2 is 2.00 bits per heavy atom. The van der Waals surface area contributed by atoms with Crippen LogP contribution in [0, 0.1) is 0 Å². The largest absolute Gasteiger partial charge is 0.479 e. The van der Waals surface area contributed by atoms with Crippen LogP contribution in [0.3, 0.4) is 0 Å². The van der Waals surface area contributed by atoms with E-state index in [1.165, 1.54) is 4.90 Å². The van der Waals surface area contributed by atoms with E-state index in [0.29, 0.717) is 32.5 Å². The third-order valence-electron chi connectivity index (χ3n) is 4.77. The average molecular weight is 404 g/mol. The smallest absolute Gasteiger partial charge is 0.336 e. The highest BCUT2D eigenvalue weighted by Gasteiger charge is 2.33. The van der Waals surface area contributed by atoms with Crippen molar-refractivity contribution in [3.63, 3.8) is 0 Å². The molecule has 0 saturated carbocycles. The van der Waals surface area contributed by atoms with Gasteiger partial charge >= 0.3 is 11.9 Å². The molecule has 0 amide bonds. The summed E-state index contributed by atoms with van der Waals surface area (Å²) < 4.78 is 21.7. The fourth-order valence-corrected chi connectivity index (χ4v) is 3.04. The second-order valence-electron chi connectivity index (χ2n) is 7.75. The lowest BCUT2D eigenvalue weighted by molar-refractivity contribution is -0.261. The molecule has 10 nitrogen and oxygen atoms in total. The van der Waals surface area contributed by atoms with E-state index >= 15 is 0 Å². The van der Waals surface area contributed by atoms with E-state index < -0.39 is 30.2 Å². The number of carbonyl (C=O) groups is 2. The Kier molecular flexibility index (Phi) is 8.59. The molecule has 4 atom stereocenters. The number of ether oxygens (including phenoxy) is 4. The second kappa shape index (κ2) is 10.5. The topological polar surface area (TPSA) is 127 Å². The standard InChI is InChI=1S/C18H32N2O8/c1-12(27-16(23)13-10-19-6-8-25-13)4-5-18(2,3)28-17(24)20-7-9-26-14(11-20)15(21)22/h12-14,17,19,24H,4-11H2,1-3H3,(H,21,22)/t12-,13?,14?,17?/m1/s1. The number of rotatable bonds is 9. The van der Waals surface area contributed by atoms with Gasteiger partial charge in [0.15, 0.2) is 12.2 Å². The highest BCUT2D eigenvalue weighted by atomic mass is 16.6. The monoisotopic (exact) mass is 404 g/mol. The van der Waals surface area contributed by atoms with Crippen LogP contribution in [0.4, 0.5) is 0 Å². The number of esters is 1. The molecule has 2 heterocycles. The summed E-state index contributed by atoms with van der Waals surface area (Å²) in [5, 5.41) is 22.5. The maximum absolute atomic E-state index is 12.1. The molecule has 3 N–H and O–H groups in total. The summed E-state index contributed by atoms with van der Waals surface area (Å²) in [6.45, 7) is 7.76. The molecule has 0 aliphatic carbocycles. The third kappa shape index (κ3) is 7.26. The quantitative estimate of drug-likeness (QED) is 0.343. The van der Waals surface area contributed by atoms with Gasteiger partial charge in [0.25, 0.3) is 0 Å². The Labute approximate surface area is 165 Å². The molecule has 2 rings (SSSR count). The number of hydrogen-bond acceptors (Lipinski definition) is 9. The summed E-state index contributed by atoms with van der Waals surface area (Å²) in [4.78, 5) is 24.7. The van der Waals surface area contributed by atoms with Gasteiger partial charge in [-0.25, -0.2) is 14.5 Å². The van der Waals surface area contributed by atoms with E-state index in [-0.39, 0.29) is 25.2 Å². The third-order valence-corrected chi connectivity index (χ3v) is 4.77. The van der Waals surface area contributed by atoms with Crippen molar-refractivity contribution in [2.24, 2.45) is 0 Å². The van der Waals surface area contributed by atoms with Crippen LogP contribution in [0.2, 0.25) is 0 Å². The van der Waals surface area contributed by atoms with E-state index in [1.54, 1.807) is 6.92 Å². The molecule has 2 saturated heterocycles. The van der Waals surface area contributed by atoms with Crippen molar-refractivity contribution in [2.75, 3.05) is 39.4 Å². The molecule has 10 heteroatoms. The van der Waals surface area contributed by atoms with Crippen molar-refractivity contribution in [3.8, 4) is 0 Å². The summed E-state index contributed by atoms with van der Waals surface area (Å²) in [7, 11) is 0. The predicted octanol–water partition coefficient (Wildman–Crippen LogP) is -0.457. The number of hydrogen-bond donors (Lipinski definition) is 3. The Hall–Kier alpha value is -1.30. The fourth-order valence-electron chi connectivity index (χ4n) is 3.04. The van der Waals surface area contributed by atoms with Crippen molar-refractivity contribution in [1.29, 1.82) is 0 Å². The number of carboxylic acids is 1. The van der Waals surface area contributed by atoms with Gasteiger partial charge in [0.05, 0.1) is 24.9 Å². The summed E-state index contributed by atoms with van der Waals surface area (Å²) in [6, 6.07) is 0. The zero-order valence-corrected chi connectivity index (χ0v) is 16.8. The minimum Gasteiger partial charge on any atom is -0.479 e. The second-order valence-corrected chi connectivity index (χ2v) is 7.75. The van der Waals surface area contributed by atoms with E-state index in [9.17, 15) is 14.7 Å². The fraction of sp³-hybridized carbons (Fsp3) is 0.889. The Morgan fingerprint density at radius 1 is 1.29 bits per heavy atom. The molecule has 28 heavy (non-hydrogen) atoms. The van der Waals surface area contributed by atoms with Crippen molar-refractivity contribution >= 4 is 11.9 Å². The van der Waals surface area contributed by atoms with Gasteiger partial charge in [-0.3, -0.25) is 0 Å². The van der Waals surface area contributed by atoms with E-state index in [2.05, 4.69) is 5.32 Å². The molecule has 0 aromatic carbocycles. The van der Waals surface area contributed by atoms with Gasteiger partial charge in [0.2, 0.25) is 6.41 Å². The number of nitrogens with one attached hydrogen (secondary N) is 1. The number of aliphatic carboxylic acids is 1. The van der Waals surface area contributed by atoms with Gasteiger partial charge in [0, 0.05) is 26.2 Å². The van der Waals surface area contributed by atoms with Crippen LogP contribution in [0.1, 0.15) is 33.6 Å². The van der Waals surface area contributed by atoms with Crippen molar-refractivity contribution in [2.45, 2.75) is 63.9 Å². The van der Waals surface area contributed by atoms with Gasteiger partial charge in [-0.15, -0.1) is 0 Å². The molecule has 2 fully saturated rings. The predicted molar refractivity (Wildman–Crippen MR) is 97.5 cm³/mol. The van der Waals surface area contributed by atoms with Gasteiger partial charge in [-0.2, -0.15) is 0 Å². The van der Waals surface area contributed by atoms with Crippen molar-refractivity contribution in [1.82, 2.24) is 10.2 Å². The lowest BCUT2D eigenvalue weighted by Crippen LogP contribution is -2.52. The molecule has 0 bridgehead atoms. The minimum atomic E-state index is -1.24. The molecule has 0 aromatic heterocycles. The first-order valence-corrected chi connectivity index (χ1v) is 9.65. The molecule has 3 unspecified atom stereocenters.